The lowest BCUT2D eigenvalue weighted by atomic mass is 9.94. The summed E-state index contributed by atoms with van der Waals surface area (Å²) in [5.41, 5.74) is 2.37. The summed E-state index contributed by atoms with van der Waals surface area (Å²) in [6, 6.07) is 9.51. The third kappa shape index (κ3) is 6.71. The maximum atomic E-state index is 13.2. The van der Waals surface area contributed by atoms with Crippen molar-refractivity contribution in [3.63, 3.8) is 0 Å². The van der Waals surface area contributed by atoms with E-state index in [9.17, 15) is 14.4 Å². The van der Waals surface area contributed by atoms with E-state index in [0.29, 0.717) is 23.6 Å². The molecule has 194 valence electrons. The summed E-state index contributed by atoms with van der Waals surface area (Å²) in [4.78, 5) is 48.3. The quantitative estimate of drug-likeness (QED) is 0.435. The summed E-state index contributed by atoms with van der Waals surface area (Å²) in [6.45, 7) is 7.57. The second-order valence-electron chi connectivity index (χ2n) is 9.94. The highest BCUT2D eigenvalue weighted by Gasteiger charge is 2.32. The summed E-state index contributed by atoms with van der Waals surface area (Å²) < 4.78 is 5.25. The van der Waals surface area contributed by atoms with E-state index in [4.69, 9.17) is 4.74 Å². The summed E-state index contributed by atoms with van der Waals surface area (Å²) in [5.74, 6) is -0.987. The van der Waals surface area contributed by atoms with E-state index < -0.39 is 23.5 Å². The maximum absolute atomic E-state index is 13.2. The minimum Gasteiger partial charge on any atom is -0.444 e. The topological polar surface area (TPSA) is 114 Å². The number of ether oxygens (including phenoxy) is 1. The van der Waals surface area contributed by atoms with E-state index in [1.54, 1.807) is 56.2 Å². The number of piperidine rings is 1. The molecule has 0 aliphatic carbocycles. The van der Waals surface area contributed by atoms with Gasteiger partial charge in [0.15, 0.2) is 0 Å². The van der Waals surface area contributed by atoms with Gasteiger partial charge in [0.25, 0.3) is 0 Å². The molecule has 1 saturated heterocycles. The van der Waals surface area contributed by atoms with Crippen molar-refractivity contribution in [1.29, 1.82) is 0 Å². The Hall–Kier alpha value is -3.79. The first-order valence-electron chi connectivity index (χ1n) is 12.2. The number of hydrogen-bond acceptors (Lipinski definition) is 7. The molecule has 0 bridgehead atoms. The minimum atomic E-state index is -0.722. The van der Waals surface area contributed by atoms with Crippen LogP contribution in [0.3, 0.4) is 0 Å². The first-order chi connectivity index (χ1) is 17.6. The van der Waals surface area contributed by atoms with Crippen molar-refractivity contribution in [2.75, 3.05) is 17.2 Å². The first kappa shape index (κ1) is 26.3. The van der Waals surface area contributed by atoms with Crippen molar-refractivity contribution in [1.82, 2.24) is 14.9 Å². The molecular formula is C27H31N5O4S. The number of carbonyl (C=O) groups excluding carboxylic acids is 3. The molecule has 2 aromatic heterocycles. The molecule has 2 N–H and O–H groups in total. The highest BCUT2D eigenvalue weighted by Crippen LogP contribution is 2.33. The molecule has 10 heteroatoms. The number of pyridine rings is 1. The molecule has 37 heavy (non-hydrogen) atoms. The summed E-state index contributed by atoms with van der Waals surface area (Å²) in [6.07, 6.45) is 5.18. The normalized spacial score (nSPS) is 15.7. The molecule has 1 aliphatic heterocycles. The number of rotatable bonds is 4. The number of likely N-dealkylation sites (tertiary alicyclic amines) is 1. The van der Waals surface area contributed by atoms with Crippen LogP contribution in [0, 0.1) is 6.92 Å². The van der Waals surface area contributed by atoms with Gasteiger partial charge in [-0.05, 0) is 64.2 Å². The number of nitrogens with zero attached hydrogens (tertiary/aromatic N) is 3. The highest BCUT2D eigenvalue weighted by molar-refractivity contribution is 7.13. The number of thiazole rings is 1. The van der Waals surface area contributed by atoms with Gasteiger partial charge in [0.2, 0.25) is 0 Å². The number of hydrogen-bond donors (Lipinski definition) is 2. The van der Waals surface area contributed by atoms with Crippen LogP contribution in [-0.4, -0.2) is 44.9 Å². The molecule has 0 saturated carbocycles. The Kier molecular flexibility index (Phi) is 7.87. The predicted octanol–water partition coefficient (Wildman–Crippen LogP) is 5.55. The van der Waals surface area contributed by atoms with Crippen LogP contribution in [0.4, 0.5) is 16.3 Å². The summed E-state index contributed by atoms with van der Waals surface area (Å²) >= 11 is 1.57. The van der Waals surface area contributed by atoms with Gasteiger partial charge in [-0.25, -0.2) is 14.8 Å². The SMILES string of the molecule is Cc1cc(NC(=O)C(=O)N2CCCC[C@H]2c2ccc(-c3nccs3)cc2)cnc1NC(=O)OC(C)(C)C. The molecule has 9 nitrogen and oxygen atoms in total. The Labute approximate surface area is 220 Å². The van der Waals surface area contributed by atoms with Crippen molar-refractivity contribution >= 4 is 40.7 Å². The molecule has 3 aromatic rings. The Morgan fingerprint density at radius 1 is 1.08 bits per heavy atom. The van der Waals surface area contributed by atoms with E-state index in [1.807, 2.05) is 29.6 Å². The number of amides is 3. The number of benzene rings is 1. The zero-order valence-corrected chi connectivity index (χ0v) is 22.2. The third-order valence-corrected chi connectivity index (χ3v) is 6.71. The van der Waals surface area contributed by atoms with Crippen molar-refractivity contribution in [3.05, 3.63) is 59.2 Å². The molecule has 1 aliphatic rings. The Morgan fingerprint density at radius 3 is 2.49 bits per heavy atom. The van der Waals surface area contributed by atoms with Crippen LogP contribution in [0.15, 0.2) is 48.1 Å². The van der Waals surface area contributed by atoms with Crippen molar-refractivity contribution in [2.45, 2.75) is 58.6 Å². The van der Waals surface area contributed by atoms with Gasteiger partial charge in [0.1, 0.15) is 16.4 Å². The predicted molar refractivity (Wildman–Crippen MR) is 143 cm³/mol. The van der Waals surface area contributed by atoms with Crippen LogP contribution in [0.1, 0.15) is 57.2 Å². The number of aromatic nitrogens is 2. The molecule has 4 rings (SSSR count). The first-order valence-corrected chi connectivity index (χ1v) is 13.1. The summed E-state index contributed by atoms with van der Waals surface area (Å²) in [7, 11) is 0. The Bertz CT molecular complexity index is 1270. The van der Waals surface area contributed by atoms with Crippen molar-refractivity contribution < 1.29 is 19.1 Å². The molecule has 1 atom stereocenters. The van der Waals surface area contributed by atoms with Crippen LogP contribution < -0.4 is 10.6 Å². The van der Waals surface area contributed by atoms with E-state index in [-0.39, 0.29) is 6.04 Å². The molecule has 3 heterocycles. The lowest BCUT2D eigenvalue weighted by Crippen LogP contribution is -2.44. The van der Waals surface area contributed by atoms with Gasteiger partial charge in [-0.2, -0.15) is 0 Å². The Balaban J connectivity index is 1.42. The molecule has 0 radical (unpaired) electrons. The highest BCUT2D eigenvalue weighted by atomic mass is 32.1. The fourth-order valence-corrected chi connectivity index (χ4v) is 4.87. The van der Waals surface area contributed by atoms with E-state index in [2.05, 4.69) is 20.6 Å². The van der Waals surface area contributed by atoms with Gasteiger partial charge >= 0.3 is 17.9 Å². The molecule has 3 amide bonds. The molecule has 1 aromatic carbocycles. The minimum absolute atomic E-state index is 0.169. The van der Waals surface area contributed by atoms with Gasteiger partial charge in [0.05, 0.1) is 17.9 Å². The van der Waals surface area contributed by atoms with Gasteiger partial charge < -0.3 is 15.0 Å². The van der Waals surface area contributed by atoms with Crippen molar-refractivity contribution in [3.8, 4) is 10.6 Å². The van der Waals surface area contributed by atoms with Crippen LogP contribution in [-0.2, 0) is 14.3 Å². The standard InChI is InChI=1S/C27H31N5O4S/c1-17-15-20(16-29-22(17)31-26(35)36-27(2,3)4)30-23(33)25(34)32-13-6-5-7-21(32)18-8-10-19(11-9-18)24-28-12-14-37-24/h8-12,14-16,21H,5-7,13H2,1-4H3,(H,30,33)(H,29,31,35)/t21-/m0/s1. The zero-order valence-electron chi connectivity index (χ0n) is 21.4. The molecule has 0 unspecified atom stereocenters. The average Bonchev–Trinajstić information content (AvgIpc) is 3.39. The fraction of sp³-hybridized carbons (Fsp3) is 0.370. The second kappa shape index (κ2) is 11.1. The number of anilines is 2. The fourth-order valence-electron chi connectivity index (χ4n) is 4.22. The van der Waals surface area contributed by atoms with Gasteiger partial charge in [-0.15, -0.1) is 11.3 Å². The monoisotopic (exact) mass is 521 g/mol. The van der Waals surface area contributed by atoms with Crippen LogP contribution in [0.25, 0.3) is 10.6 Å². The second-order valence-corrected chi connectivity index (χ2v) is 10.8. The number of aryl methyl sites for hydroxylation is 1. The summed E-state index contributed by atoms with van der Waals surface area (Å²) in [5, 5.41) is 8.13. The Morgan fingerprint density at radius 2 is 1.84 bits per heavy atom. The van der Waals surface area contributed by atoms with Crippen LogP contribution in [0.5, 0.6) is 0 Å². The van der Waals surface area contributed by atoms with Gasteiger partial charge in [0, 0.05) is 23.7 Å². The van der Waals surface area contributed by atoms with E-state index in [0.717, 1.165) is 35.4 Å². The van der Waals surface area contributed by atoms with Gasteiger partial charge in [-0.3, -0.25) is 14.9 Å². The third-order valence-electron chi connectivity index (χ3n) is 5.89. The lowest BCUT2D eigenvalue weighted by Gasteiger charge is -2.35. The zero-order chi connectivity index (χ0) is 26.6. The molecule has 0 spiro atoms. The van der Waals surface area contributed by atoms with Crippen LogP contribution in [0.2, 0.25) is 0 Å². The number of carbonyl (C=O) groups is 3. The van der Waals surface area contributed by atoms with E-state index in [1.165, 1.54) is 6.20 Å². The van der Waals surface area contributed by atoms with Crippen molar-refractivity contribution in [2.24, 2.45) is 0 Å². The average molecular weight is 522 g/mol. The van der Waals surface area contributed by atoms with Crippen LogP contribution >= 0.6 is 11.3 Å². The lowest BCUT2D eigenvalue weighted by molar-refractivity contribution is -0.145. The molecular weight excluding hydrogens is 490 g/mol. The van der Waals surface area contributed by atoms with E-state index >= 15 is 0 Å². The largest absolute Gasteiger partial charge is 0.444 e. The smallest absolute Gasteiger partial charge is 0.413 e. The molecule has 1 fully saturated rings. The maximum Gasteiger partial charge on any atom is 0.413 e. The number of nitrogens with one attached hydrogen (secondary N) is 2. The van der Waals surface area contributed by atoms with Gasteiger partial charge in [-0.1, -0.05) is 24.3 Å².